The summed E-state index contributed by atoms with van der Waals surface area (Å²) in [6.07, 6.45) is -0.416. The molecule has 4 aromatic carbocycles. The first-order valence-corrected chi connectivity index (χ1v) is 12.2. The molecule has 0 unspecified atom stereocenters. The number of hydrogen-bond donors (Lipinski definition) is 0. The lowest BCUT2D eigenvalue weighted by molar-refractivity contribution is 0.0409. The quantitative estimate of drug-likeness (QED) is 0.337. The van der Waals surface area contributed by atoms with Crippen molar-refractivity contribution >= 4 is 16.7 Å². The average Bonchev–Trinajstić information content (AvgIpc) is 2.92. The van der Waals surface area contributed by atoms with Gasteiger partial charge in [-0.3, -0.25) is 9.69 Å². The fourth-order valence-corrected chi connectivity index (χ4v) is 4.72. The molecule has 0 N–H and O–H groups in total. The molecule has 5 rings (SSSR count). The van der Waals surface area contributed by atoms with Crippen LogP contribution in [0.15, 0.2) is 91.0 Å². The number of benzene rings is 4. The van der Waals surface area contributed by atoms with Crippen LogP contribution in [0.5, 0.6) is 0 Å². The summed E-state index contributed by atoms with van der Waals surface area (Å²) in [6.45, 7) is 3.99. The number of hydrogen-bond acceptors (Lipinski definition) is 3. The highest BCUT2D eigenvalue weighted by Gasteiger charge is 2.24. The van der Waals surface area contributed by atoms with Crippen LogP contribution in [0, 0.1) is 11.6 Å². The van der Waals surface area contributed by atoms with Gasteiger partial charge in [0.05, 0.1) is 6.61 Å². The van der Waals surface area contributed by atoms with Gasteiger partial charge in [0, 0.05) is 38.3 Å². The lowest BCUT2D eigenvalue weighted by Gasteiger charge is -2.35. The SMILES string of the molecule is O=C(c1cccc2ccccc12)N1CCN(CCOC(c2ccc(F)cc2)c2ccc(F)cc2)CC1. The summed E-state index contributed by atoms with van der Waals surface area (Å²) in [5.74, 6) is -0.560. The third-order valence-corrected chi connectivity index (χ3v) is 6.72. The Morgan fingerprint density at radius 1 is 0.750 bits per heavy atom. The van der Waals surface area contributed by atoms with Gasteiger partial charge in [0.1, 0.15) is 17.7 Å². The molecule has 4 aromatic rings. The predicted octanol–water partition coefficient (Wildman–Crippen LogP) is 5.68. The number of piperazine rings is 1. The van der Waals surface area contributed by atoms with Gasteiger partial charge in [-0.1, -0.05) is 60.7 Å². The van der Waals surface area contributed by atoms with Crippen LogP contribution in [0.1, 0.15) is 27.6 Å². The Morgan fingerprint density at radius 3 is 1.97 bits per heavy atom. The Labute approximate surface area is 209 Å². The second-order valence-corrected chi connectivity index (χ2v) is 9.01. The summed E-state index contributed by atoms with van der Waals surface area (Å²) >= 11 is 0. The average molecular weight is 487 g/mol. The minimum Gasteiger partial charge on any atom is -0.367 e. The van der Waals surface area contributed by atoms with Gasteiger partial charge in [0.25, 0.3) is 5.91 Å². The van der Waals surface area contributed by atoms with E-state index in [4.69, 9.17) is 4.74 Å². The molecular weight excluding hydrogens is 458 g/mol. The van der Waals surface area contributed by atoms with Crippen molar-refractivity contribution < 1.29 is 18.3 Å². The molecule has 0 radical (unpaired) electrons. The molecule has 1 amide bonds. The first-order valence-electron chi connectivity index (χ1n) is 12.2. The topological polar surface area (TPSA) is 32.8 Å². The van der Waals surface area contributed by atoms with E-state index in [1.54, 1.807) is 24.3 Å². The van der Waals surface area contributed by atoms with Gasteiger partial charge in [0.15, 0.2) is 0 Å². The molecule has 0 aromatic heterocycles. The Hall–Kier alpha value is -3.61. The first kappa shape index (κ1) is 24.1. The summed E-state index contributed by atoms with van der Waals surface area (Å²) in [5.41, 5.74) is 2.37. The van der Waals surface area contributed by atoms with Crippen molar-refractivity contribution in [2.75, 3.05) is 39.3 Å². The van der Waals surface area contributed by atoms with Crippen LogP contribution in [0.3, 0.4) is 0 Å². The second kappa shape index (κ2) is 11.0. The molecule has 1 aliphatic heterocycles. The Bertz CT molecular complexity index is 1270. The predicted molar refractivity (Wildman–Crippen MR) is 137 cm³/mol. The summed E-state index contributed by atoms with van der Waals surface area (Å²) in [4.78, 5) is 17.4. The monoisotopic (exact) mass is 486 g/mol. The molecule has 1 aliphatic rings. The normalized spacial score (nSPS) is 14.5. The molecule has 184 valence electrons. The maximum absolute atomic E-state index is 13.4. The number of carbonyl (C=O) groups excluding carboxylic acids is 1. The van der Waals surface area contributed by atoms with Crippen LogP contribution >= 0.6 is 0 Å². The largest absolute Gasteiger partial charge is 0.367 e. The highest BCUT2D eigenvalue weighted by atomic mass is 19.1. The van der Waals surface area contributed by atoms with Gasteiger partial charge in [-0.15, -0.1) is 0 Å². The van der Waals surface area contributed by atoms with E-state index in [0.717, 1.165) is 40.6 Å². The van der Waals surface area contributed by atoms with E-state index in [9.17, 15) is 13.6 Å². The maximum Gasteiger partial charge on any atom is 0.254 e. The third-order valence-electron chi connectivity index (χ3n) is 6.72. The Kier molecular flexibility index (Phi) is 7.35. The van der Waals surface area contributed by atoms with Crippen LogP contribution in [-0.4, -0.2) is 55.0 Å². The van der Waals surface area contributed by atoms with Crippen LogP contribution in [0.2, 0.25) is 0 Å². The zero-order valence-electron chi connectivity index (χ0n) is 19.9. The van der Waals surface area contributed by atoms with E-state index in [1.165, 1.54) is 24.3 Å². The zero-order valence-corrected chi connectivity index (χ0v) is 19.9. The van der Waals surface area contributed by atoms with Crippen LogP contribution in [-0.2, 0) is 4.74 Å². The van der Waals surface area contributed by atoms with E-state index in [0.29, 0.717) is 26.2 Å². The minimum atomic E-state index is -0.416. The molecule has 4 nitrogen and oxygen atoms in total. The number of amides is 1. The highest BCUT2D eigenvalue weighted by Crippen LogP contribution is 2.27. The highest BCUT2D eigenvalue weighted by molar-refractivity contribution is 6.07. The Morgan fingerprint density at radius 2 is 1.33 bits per heavy atom. The van der Waals surface area contributed by atoms with Crippen LogP contribution < -0.4 is 0 Å². The van der Waals surface area contributed by atoms with Gasteiger partial charge in [-0.2, -0.15) is 0 Å². The summed E-state index contributed by atoms with van der Waals surface area (Å²) in [6, 6.07) is 26.2. The molecule has 0 spiro atoms. The van der Waals surface area contributed by atoms with Crippen molar-refractivity contribution in [3.05, 3.63) is 119 Å². The molecule has 1 fully saturated rings. The van der Waals surface area contributed by atoms with E-state index in [1.807, 2.05) is 47.4 Å². The van der Waals surface area contributed by atoms with E-state index < -0.39 is 6.10 Å². The van der Waals surface area contributed by atoms with Crippen LogP contribution in [0.25, 0.3) is 10.8 Å². The van der Waals surface area contributed by atoms with Crippen molar-refractivity contribution in [1.29, 1.82) is 0 Å². The van der Waals surface area contributed by atoms with Gasteiger partial charge in [-0.05, 0) is 52.2 Å². The summed E-state index contributed by atoms with van der Waals surface area (Å²) in [7, 11) is 0. The molecule has 0 saturated carbocycles. The van der Waals surface area contributed by atoms with Gasteiger partial charge in [0.2, 0.25) is 0 Å². The molecule has 0 atom stereocenters. The lowest BCUT2D eigenvalue weighted by Crippen LogP contribution is -2.49. The second-order valence-electron chi connectivity index (χ2n) is 9.01. The number of fused-ring (bicyclic) bond motifs is 1. The van der Waals surface area contributed by atoms with Crippen molar-refractivity contribution in [3.63, 3.8) is 0 Å². The fourth-order valence-electron chi connectivity index (χ4n) is 4.72. The Balaban J connectivity index is 1.18. The maximum atomic E-state index is 13.4. The number of ether oxygens (including phenoxy) is 1. The number of nitrogens with zero attached hydrogens (tertiary/aromatic N) is 2. The standard InChI is InChI=1S/C30H28F2N2O2/c31-25-12-8-23(9-13-25)29(24-10-14-26(32)15-11-24)36-21-20-33-16-18-34(19-17-33)30(35)28-7-3-5-22-4-1-2-6-27(22)28/h1-15,29H,16-21H2. The molecule has 36 heavy (non-hydrogen) atoms. The van der Waals surface area contributed by atoms with E-state index in [2.05, 4.69) is 4.90 Å². The summed E-state index contributed by atoms with van der Waals surface area (Å²) < 4.78 is 33.1. The fraction of sp³-hybridized carbons (Fsp3) is 0.233. The van der Waals surface area contributed by atoms with Crippen molar-refractivity contribution in [1.82, 2.24) is 9.80 Å². The van der Waals surface area contributed by atoms with Crippen molar-refractivity contribution in [3.8, 4) is 0 Å². The number of carbonyl (C=O) groups is 1. The smallest absolute Gasteiger partial charge is 0.254 e. The number of rotatable bonds is 7. The lowest BCUT2D eigenvalue weighted by atomic mass is 10.0. The van der Waals surface area contributed by atoms with Crippen LogP contribution in [0.4, 0.5) is 8.78 Å². The first-order chi connectivity index (χ1) is 17.6. The third kappa shape index (κ3) is 5.45. The van der Waals surface area contributed by atoms with E-state index in [-0.39, 0.29) is 17.5 Å². The van der Waals surface area contributed by atoms with Crippen molar-refractivity contribution in [2.24, 2.45) is 0 Å². The molecule has 1 saturated heterocycles. The summed E-state index contributed by atoms with van der Waals surface area (Å²) in [5, 5.41) is 2.05. The molecule has 1 heterocycles. The number of halogens is 2. The molecular formula is C30H28F2N2O2. The van der Waals surface area contributed by atoms with Gasteiger partial charge < -0.3 is 9.64 Å². The van der Waals surface area contributed by atoms with Gasteiger partial charge in [-0.25, -0.2) is 8.78 Å². The van der Waals surface area contributed by atoms with Gasteiger partial charge >= 0.3 is 0 Å². The van der Waals surface area contributed by atoms with E-state index >= 15 is 0 Å². The molecule has 0 aliphatic carbocycles. The minimum absolute atomic E-state index is 0.0652. The zero-order chi connectivity index (χ0) is 24.9. The molecule has 0 bridgehead atoms. The van der Waals surface area contributed by atoms with Crippen molar-refractivity contribution in [2.45, 2.75) is 6.10 Å². The molecule has 6 heteroatoms.